The number of benzene rings is 1. The summed E-state index contributed by atoms with van der Waals surface area (Å²) in [7, 11) is 1.64. The number of rotatable bonds is 2. The normalized spacial score (nSPS) is 11.7. The molecular weight excluding hydrogens is 253 g/mol. The predicted molar refractivity (Wildman–Crippen MR) is 60.5 cm³/mol. The van der Waals surface area contributed by atoms with Gasteiger partial charge in [0.2, 0.25) is 0 Å². The van der Waals surface area contributed by atoms with Crippen LogP contribution < -0.4 is 10.5 Å². The molecule has 0 aliphatic heterocycles. The van der Waals surface area contributed by atoms with E-state index in [4.69, 9.17) is 10.5 Å². The molecule has 1 aromatic rings. The highest BCUT2D eigenvalue weighted by Crippen LogP contribution is 2.27. The van der Waals surface area contributed by atoms with Gasteiger partial charge in [-0.1, -0.05) is 6.07 Å². The Labute approximate surface area is 93.0 Å². The zero-order valence-corrected chi connectivity index (χ0v) is 9.98. The maximum atomic E-state index is 5.71. The SMILES string of the molecule is COc1ccc(C(C)N)cc1Br.Cl. The summed E-state index contributed by atoms with van der Waals surface area (Å²) < 4.78 is 6.04. The van der Waals surface area contributed by atoms with Gasteiger partial charge in [-0.3, -0.25) is 0 Å². The first-order valence-electron chi connectivity index (χ1n) is 3.74. The summed E-state index contributed by atoms with van der Waals surface area (Å²) in [4.78, 5) is 0. The van der Waals surface area contributed by atoms with Crippen molar-refractivity contribution in [3.8, 4) is 5.75 Å². The summed E-state index contributed by atoms with van der Waals surface area (Å²) in [5, 5.41) is 0. The Hall–Kier alpha value is -0.250. The molecule has 0 aliphatic rings. The fraction of sp³-hybridized carbons (Fsp3) is 0.333. The molecule has 1 atom stereocenters. The van der Waals surface area contributed by atoms with E-state index in [9.17, 15) is 0 Å². The topological polar surface area (TPSA) is 35.2 Å². The Kier molecular flexibility index (Phi) is 5.37. The molecule has 74 valence electrons. The van der Waals surface area contributed by atoms with Gasteiger partial charge in [-0.25, -0.2) is 0 Å². The van der Waals surface area contributed by atoms with Crippen molar-refractivity contribution in [2.24, 2.45) is 5.73 Å². The molecule has 1 aromatic carbocycles. The van der Waals surface area contributed by atoms with Crippen molar-refractivity contribution >= 4 is 28.3 Å². The molecule has 13 heavy (non-hydrogen) atoms. The Balaban J connectivity index is 0.00000144. The third-order valence-electron chi connectivity index (χ3n) is 1.70. The number of ether oxygens (including phenoxy) is 1. The lowest BCUT2D eigenvalue weighted by Crippen LogP contribution is -2.04. The van der Waals surface area contributed by atoms with Crippen LogP contribution in [0.15, 0.2) is 22.7 Å². The van der Waals surface area contributed by atoms with Gasteiger partial charge in [0.15, 0.2) is 0 Å². The summed E-state index contributed by atoms with van der Waals surface area (Å²) in [5.41, 5.74) is 6.81. The van der Waals surface area contributed by atoms with Crippen LogP contribution in [-0.2, 0) is 0 Å². The molecule has 1 unspecified atom stereocenters. The predicted octanol–water partition coefficient (Wildman–Crippen LogP) is 2.90. The van der Waals surface area contributed by atoms with E-state index < -0.39 is 0 Å². The van der Waals surface area contributed by atoms with Crippen molar-refractivity contribution in [1.82, 2.24) is 0 Å². The molecule has 4 heteroatoms. The highest BCUT2D eigenvalue weighted by Gasteiger charge is 2.03. The standard InChI is InChI=1S/C9H12BrNO.ClH/c1-6(11)7-3-4-9(12-2)8(10)5-7;/h3-6H,11H2,1-2H3;1H. The summed E-state index contributed by atoms with van der Waals surface area (Å²) >= 11 is 3.40. The summed E-state index contributed by atoms with van der Waals surface area (Å²) in [6.45, 7) is 1.95. The van der Waals surface area contributed by atoms with Gasteiger partial charge in [-0.15, -0.1) is 12.4 Å². The molecule has 0 radical (unpaired) electrons. The Morgan fingerprint density at radius 3 is 2.46 bits per heavy atom. The molecule has 0 amide bonds. The van der Waals surface area contributed by atoms with Gasteiger partial charge in [0, 0.05) is 6.04 Å². The lowest BCUT2D eigenvalue weighted by Gasteiger charge is -2.08. The third-order valence-corrected chi connectivity index (χ3v) is 2.32. The quantitative estimate of drug-likeness (QED) is 0.893. The molecule has 2 N–H and O–H groups in total. The van der Waals surface area contributed by atoms with E-state index in [1.807, 2.05) is 25.1 Å². The zero-order valence-electron chi connectivity index (χ0n) is 7.58. The Morgan fingerprint density at radius 1 is 1.46 bits per heavy atom. The molecular formula is C9H13BrClNO. The molecule has 0 fully saturated rings. The number of hydrogen-bond acceptors (Lipinski definition) is 2. The van der Waals surface area contributed by atoms with E-state index in [0.29, 0.717) is 0 Å². The molecule has 0 aromatic heterocycles. The fourth-order valence-electron chi connectivity index (χ4n) is 0.966. The summed E-state index contributed by atoms with van der Waals surface area (Å²) in [6, 6.07) is 5.91. The van der Waals surface area contributed by atoms with Crippen LogP contribution in [0.2, 0.25) is 0 Å². The van der Waals surface area contributed by atoms with E-state index in [0.717, 1.165) is 15.8 Å². The lowest BCUT2D eigenvalue weighted by atomic mass is 10.1. The first-order chi connectivity index (χ1) is 5.65. The minimum absolute atomic E-state index is 0. The second-order valence-corrected chi connectivity index (χ2v) is 3.54. The van der Waals surface area contributed by atoms with Gasteiger partial charge >= 0.3 is 0 Å². The maximum Gasteiger partial charge on any atom is 0.133 e. The van der Waals surface area contributed by atoms with Crippen LogP contribution in [0.25, 0.3) is 0 Å². The van der Waals surface area contributed by atoms with Crippen LogP contribution in [0.5, 0.6) is 5.75 Å². The van der Waals surface area contributed by atoms with Crippen molar-refractivity contribution in [2.75, 3.05) is 7.11 Å². The second kappa shape index (κ2) is 5.47. The van der Waals surface area contributed by atoms with Gasteiger partial charge in [0.25, 0.3) is 0 Å². The minimum atomic E-state index is 0. The number of methoxy groups -OCH3 is 1. The van der Waals surface area contributed by atoms with Crippen molar-refractivity contribution in [1.29, 1.82) is 0 Å². The third kappa shape index (κ3) is 3.18. The Morgan fingerprint density at radius 2 is 2.08 bits per heavy atom. The van der Waals surface area contributed by atoms with E-state index in [2.05, 4.69) is 15.9 Å². The van der Waals surface area contributed by atoms with Gasteiger partial charge in [0.05, 0.1) is 11.6 Å². The molecule has 0 heterocycles. The summed E-state index contributed by atoms with van der Waals surface area (Å²) in [6.07, 6.45) is 0. The maximum absolute atomic E-state index is 5.71. The molecule has 0 spiro atoms. The van der Waals surface area contributed by atoms with Crippen molar-refractivity contribution < 1.29 is 4.74 Å². The summed E-state index contributed by atoms with van der Waals surface area (Å²) in [5.74, 6) is 0.833. The first kappa shape index (κ1) is 12.8. The minimum Gasteiger partial charge on any atom is -0.496 e. The van der Waals surface area contributed by atoms with Crippen LogP contribution in [0, 0.1) is 0 Å². The number of halogens is 2. The highest BCUT2D eigenvalue weighted by atomic mass is 79.9. The molecule has 2 nitrogen and oxygen atoms in total. The van der Waals surface area contributed by atoms with E-state index in [-0.39, 0.29) is 18.4 Å². The van der Waals surface area contributed by atoms with Gasteiger partial charge < -0.3 is 10.5 Å². The zero-order chi connectivity index (χ0) is 9.14. The van der Waals surface area contributed by atoms with Crippen LogP contribution >= 0.6 is 28.3 Å². The molecule has 1 rings (SSSR count). The van der Waals surface area contributed by atoms with Crippen molar-refractivity contribution in [2.45, 2.75) is 13.0 Å². The van der Waals surface area contributed by atoms with E-state index in [1.54, 1.807) is 7.11 Å². The number of hydrogen-bond donors (Lipinski definition) is 1. The molecule has 0 aliphatic carbocycles. The average molecular weight is 267 g/mol. The smallest absolute Gasteiger partial charge is 0.133 e. The number of nitrogens with two attached hydrogens (primary N) is 1. The van der Waals surface area contributed by atoms with Crippen LogP contribution in [0.1, 0.15) is 18.5 Å². The molecule has 0 bridgehead atoms. The molecule has 0 saturated heterocycles. The monoisotopic (exact) mass is 265 g/mol. The van der Waals surface area contributed by atoms with Crippen LogP contribution in [0.3, 0.4) is 0 Å². The van der Waals surface area contributed by atoms with Gasteiger partial charge in [0.1, 0.15) is 5.75 Å². The van der Waals surface area contributed by atoms with Gasteiger partial charge in [-0.05, 0) is 40.5 Å². The van der Waals surface area contributed by atoms with Crippen molar-refractivity contribution in [3.63, 3.8) is 0 Å². The molecule has 0 saturated carbocycles. The lowest BCUT2D eigenvalue weighted by molar-refractivity contribution is 0.412. The van der Waals surface area contributed by atoms with E-state index in [1.165, 1.54) is 0 Å². The largest absolute Gasteiger partial charge is 0.496 e. The van der Waals surface area contributed by atoms with Gasteiger partial charge in [-0.2, -0.15) is 0 Å². The average Bonchev–Trinajstić information content (AvgIpc) is 2.04. The van der Waals surface area contributed by atoms with Crippen LogP contribution in [-0.4, -0.2) is 7.11 Å². The second-order valence-electron chi connectivity index (χ2n) is 2.68. The van der Waals surface area contributed by atoms with E-state index >= 15 is 0 Å². The highest BCUT2D eigenvalue weighted by molar-refractivity contribution is 9.10. The Bertz CT molecular complexity index is 278. The fourth-order valence-corrected chi connectivity index (χ4v) is 1.52. The van der Waals surface area contributed by atoms with Crippen LogP contribution in [0.4, 0.5) is 0 Å². The van der Waals surface area contributed by atoms with Crippen molar-refractivity contribution in [3.05, 3.63) is 28.2 Å². The first-order valence-corrected chi connectivity index (χ1v) is 4.53.